The normalized spacial score (nSPS) is 21.6. The van der Waals surface area contributed by atoms with Crippen LogP contribution in [-0.2, 0) is 18.9 Å². The molecule has 3 aliphatic heterocycles. The highest BCUT2D eigenvalue weighted by Gasteiger charge is 2.43. The van der Waals surface area contributed by atoms with Gasteiger partial charge < -0.3 is 15.4 Å². The summed E-state index contributed by atoms with van der Waals surface area (Å²) in [5.41, 5.74) is -2.15. The fourth-order valence-electron chi connectivity index (χ4n) is 6.73. The fraction of sp³-hybridized carbons (Fsp3) is 0.424. The summed E-state index contributed by atoms with van der Waals surface area (Å²) < 4.78 is 86.7. The number of hydrogen-bond donors (Lipinski definition) is 2. The summed E-state index contributed by atoms with van der Waals surface area (Å²) in [6.07, 6.45) is -5.51. The van der Waals surface area contributed by atoms with Crippen LogP contribution < -0.4 is 15.4 Å². The third kappa shape index (κ3) is 6.85. The number of fused-ring (bicyclic) bond motifs is 4. The third-order valence-electron chi connectivity index (χ3n) is 9.05. The van der Waals surface area contributed by atoms with E-state index < -0.39 is 41.6 Å². The molecule has 3 saturated heterocycles. The van der Waals surface area contributed by atoms with E-state index in [0.717, 1.165) is 43.3 Å². The minimum absolute atomic E-state index is 0.0590. The van der Waals surface area contributed by atoms with E-state index in [1.165, 1.54) is 0 Å². The van der Waals surface area contributed by atoms with Crippen molar-refractivity contribution in [1.82, 2.24) is 20.5 Å². The number of nitrogens with one attached hydrogen (secondary N) is 2. The van der Waals surface area contributed by atoms with Crippen molar-refractivity contribution in [3.05, 3.63) is 82.3 Å². The maximum Gasteiger partial charge on any atom is 0.416 e. The Hall–Kier alpha value is -4.49. The first-order valence-corrected chi connectivity index (χ1v) is 14.9. The lowest BCUT2D eigenvalue weighted by Gasteiger charge is -2.52. The van der Waals surface area contributed by atoms with Crippen molar-refractivity contribution in [1.29, 1.82) is 10.5 Å². The van der Waals surface area contributed by atoms with Gasteiger partial charge in [0.2, 0.25) is 0 Å². The summed E-state index contributed by atoms with van der Waals surface area (Å²) >= 11 is 0. The van der Waals surface area contributed by atoms with Crippen molar-refractivity contribution in [2.45, 2.75) is 57.2 Å². The summed E-state index contributed by atoms with van der Waals surface area (Å²) in [5.74, 6) is 1.46. The Kier molecular flexibility index (Phi) is 9.36. The van der Waals surface area contributed by atoms with Gasteiger partial charge in [-0.2, -0.15) is 36.9 Å². The van der Waals surface area contributed by atoms with Crippen LogP contribution >= 0.6 is 0 Å². The monoisotopic (exact) mass is 642 g/mol. The average molecular weight is 643 g/mol. The Morgan fingerprint density at radius 2 is 1.74 bits per heavy atom. The maximum atomic E-state index is 13.5. The van der Waals surface area contributed by atoms with E-state index in [9.17, 15) is 36.9 Å². The van der Waals surface area contributed by atoms with Crippen LogP contribution in [0.2, 0.25) is 0 Å². The van der Waals surface area contributed by atoms with Gasteiger partial charge in [0, 0.05) is 30.7 Å². The number of hydrogen-bond acceptors (Lipinski definition) is 7. The number of nitrogens with zero attached hydrogens (tertiary/aromatic N) is 4. The maximum absolute atomic E-state index is 13.5. The third-order valence-corrected chi connectivity index (χ3v) is 9.05. The van der Waals surface area contributed by atoms with E-state index in [4.69, 9.17) is 4.74 Å². The van der Waals surface area contributed by atoms with Gasteiger partial charge in [0.15, 0.2) is 5.57 Å². The average Bonchev–Trinajstić information content (AvgIpc) is 3.04. The lowest BCUT2D eigenvalue weighted by Crippen LogP contribution is -2.57. The van der Waals surface area contributed by atoms with Gasteiger partial charge in [0.25, 0.3) is 0 Å². The Morgan fingerprint density at radius 1 is 1.04 bits per heavy atom. The fourth-order valence-corrected chi connectivity index (χ4v) is 6.73. The molecule has 0 aliphatic carbocycles. The van der Waals surface area contributed by atoms with Crippen molar-refractivity contribution in [3.63, 3.8) is 0 Å². The number of nitriles is 2. The van der Waals surface area contributed by atoms with E-state index in [2.05, 4.69) is 27.4 Å². The largest absolute Gasteiger partial charge is 0.497 e. The van der Waals surface area contributed by atoms with Crippen molar-refractivity contribution >= 4 is 10.9 Å². The molecule has 0 spiro atoms. The molecule has 2 N–H and O–H groups in total. The molecule has 4 heterocycles. The number of halogens is 6. The molecule has 242 valence electrons. The van der Waals surface area contributed by atoms with Crippen LogP contribution in [0.5, 0.6) is 5.75 Å². The molecule has 0 radical (unpaired) electrons. The molecule has 3 aliphatic rings. The van der Waals surface area contributed by atoms with Crippen molar-refractivity contribution in [2.24, 2.45) is 11.8 Å². The van der Waals surface area contributed by atoms with Gasteiger partial charge in [0.05, 0.1) is 29.8 Å². The molecule has 0 amide bonds. The zero-order chi connectivity index (χ0) is 33.2. The summed E-state index contributed by atoms with van der Waals surface area (Å²) in [5, 5.41) is 26.6. The van der Waals surface area contributed by atoms with Crippen LogP contribution in [0.4, 0.5) is 26.3 Å². The molecule has 6 rings (SSSR count). The highest BCUT2D eigenvalue weighted by atomic mass is 19.4. The molecule has 5 atom stereocenters. The molecule has 3 aromatic rings. The zero-order valence-electron chi connectivity index (χ0n) is 25.1. The highest BCUT2D eigenvalue weighted by molar-refractivity contribution is 5.84. The second-order valence-corrected chi connectivity index (χ2v) is 11.7. The minimum atomic E-state index is -5.02. The Balaban J connectivity index is 1.57. The first kappa shape index (κ1) is 32.9. The molecule has 3 fully saturated rings. The Bertz CT molecular complexity index is 1660. The van der Waals surface area contributed by atoms with Gasteiger partial charge in [-0.3, -0.25) is 9.88 Å². The molecule has 0 saturated carbocycles. The molecule has 2 bridgehead atoms. The van der Waals surface area contributed by atoms with E-state index in [-0.39, 0.29) is 23.5 Å². The summed E-state index contributed by atoms with van der Waals surface area (Å²) in [6, 6.07) is 11.5. The zero-order valence-corrected chi connectivity index (χ0v) is 25.1. The molecular formula is C33H32F6N6O. The van der Waals surface area contributed by atoms with Crippen LogP contribution in [0.15, 0.2) is 60.1 Å². The summed E-state index contributed by atoms with van der Waals surface area (Å²) in [6.45, 7) is 3.34. The van der Waals surface area contributed by atoms with Crippen LogP contribution in [0.3, 0.4) is 0 Å². The number of piperidine rings is 3. The molecular weight excluding hydrogens is 610 g/mol. The smallest absolute Gasteiger partial charge is 0.416 e. The van der Waals surface area contributed by atoms with Gasteiger partial charge in [0.1, 0.15) is 23.7 Å². The minimum Gasteiger partial charge on any atom is -0.497 e. The summed E-state index contributed by atoms with van der Waals surface area (Å²) in [4.78, 5) is 6.86. The molecule has 7 nitrogen and oxygen atoms in total. The topological polar surface area (TPSA) is 97.0 Å². The molecule has 13 heteroatoms. The van der Waals surface area contributed by atoms with Gasteiger partial charge in [-0.25, -0.2) is 0 Å². The molecule has 2 aromatic carbocycles. The predicted molar refractivity (Wildman–Crippen MR) is 158 cm³/mol. The van der Waals surface area contributed by atoms with E-state index in [1.54, 1.807) is 19.4 Å². The summed E-state index contributed by atoms with van der Waals surface area (Å²) in [7, 11) is 1.54. The van der Waals surface area contributed by atoms with Crippen molar-refractivity contribution in [2.75, 3.05) is 20.2 Å². The number of allylic oxidation sites excluding steroid dienone is 1. The predicted octanol–water partition coefficient (Wildman–Crippen LogP) is 7.08. The highest BCUT2D eigenvalue weighted by Crippen LogP contribution is 2.43. The number of methoxy groups -OCH3 is 1. The van der Waals surface area contributed by atoms with E-state index in [0.29, 0.717) is 35.2 Å². The number of aromatic nitrogens is 1. The quantitative estimate of drug-likeness (QED) is 0.190. The number of ether oxygens (including phenoxy) is 1. The standard InChI is InChI=1S/C33H32F6N6O/c1-3-20-18-45-9-7-21(20)12-29(45)30(26-6-8-42-28-5-4-25(46-2)14-27(26)28)44-31(22(15-40)16-41)43-17-19-10-23(32(34,35)36)13-24(11-19)33(37,38)39/h4-6,8,10-11,13-14,20-21,29-30,43-44H,3,7,9,12,17-18H2,1-2H3. The Morgan fingerprint density at radius 3 is 2.30 bits per heavy atom. The van der Waals surface area contributed by atoms with Gasteiger partial charge >= 0.3 is 12.4 Å². The van der Waals surface area contributed by atoms with Gasteiger partial charge in [-0.15, -0.1) is 0 Å². The van der Waals surface area contributed by atoms with Crippen LogP contribution in [0.25, 0.3) is 10.9 Å². The van der Waals surface area contributed by atoms with Crippen molar-refractivity contribution < 1.29 is 31.1 Å². The lowest BCUT2D eigenvalue weighted by atomic mass is 9.72. The number of pyridine rings is 1. The number of alkyl halides is 6. The molecule has 5 unspecified atom stereocenters. The number of rotatable bonds is 9. The van der Waals surface area contributed by atoms with E-state index in [1.807, 2.05) is 30.3 Å². The molecule has 46 heavy (non-hydrogen) atoms. The first-order valence-electron chi connectivity index (χ1n) is 14.9. The Labute approximate surface area is 262 Å². The van der Waals surface area contributed by atoms with Crippen LogP contribution in [-0.4, -0.2) is 36.1 Å². The van der Waals surface area contributed by atoms with Gasteiger partial charge in [-0.05, 0) is 84.8 Å². The van der Waals surface area contributed by atoms with Gasteiger partial charge in [-0.1, -0.05) is 13.3 Å². The van der Waals surface area contributed by atoms with E-state index >= 15 is 0 Å². The molecule has 1 aromatic heterocycles. The number of benzene rings is 2. The van der Waals surface area contributed by atoms with Crippen LogP contribution in [0.1, 0.15) is 54.5 Å². The van der Waals surface area contributed by atoms with Crippen molar-refractivity contribution in [3.8, 4) is 17.9 Å². The lowest BCUT2D eigenvalue weighted by molar-refractivity contribution is -0.143. The van der Waals surface area contributed by atoms with Crippen LogP contribution in [0, 0.1) is 34.5 Å². The second-order valence-electron chi connectivity index (χ2n) is 11.7. The second kappa shape index (κ2) is 13.1. The first-order chi connectivity index (χ1) is 21.9. The SMILES string of the molecule is CCC1CN2CCC1CC2C(NC(NCc1cc(C(F)(F)F)cc(C(F)(F)F)c1)=C(C#N)C#N)c1ccnc2ccc(OC)cc12.